The molecule has 32 heavy (non-hydrogen) atoms. The Morgan fingerprint density at radius 2 is 1.91 bits per heavy atom. The van der Waals surface area contributed by atoms with Gasteiger partial charge >= 0.3 is 0 Å². The van der Waals surface area contributed by atoms with Crippen LogP contribution in [0.5, 0.6) is 5.75 Å². The number of aryl methyl sites for hydroxylation is 1. The third kappa shape index (κ3) is 3.73. The highest BCUT2D eigenvalue weighted by Gasteiger charge is 2.40. The lowest BCUT2D eigenvalue weighted by atomic mass is 10.0. The number of hydrogen-bond acceptors (Lipinski definition) is 6. The zero-order chi connectivity index (χ0) is 22.2. The molecular formula is C24H23FN4O3. The first-order valence-corrected chi connectivity index (χ1v) is 10.4. The minimum atomic E-state index is -0.330. The number of hydrazine groups is 1. The van der Waals surface area contributed by atoms with Gasteiger partial charge in [-0.2, -0.15) is 0 Å². The summed E-state index contributed by atoms with van der Waals surface area (Å²) >= 11 is 0. The Hall–Kier alpha value is -3.65. The van der Waals surface area contributed by atoms with Gasteiger partial charge in [0.05, 0.1) is 19.7 Å². The monoisotopic (exact) mass is 434 g/mol. The summed E-state index contributed by atoms with van der Waals surface area (Å²) in [5, 5.41) is 1.82. The van der Waals surface area contributed by atoms with Gasteiger partial charge in [-0.1, -0.05) is 12.1 Å². The fraction of sp³-hybridized carbons (Fsp3) is 0.250. The van der Waals surface area contributed by atoms with Crippen molar-refractivity contribution in [1.29, 1.82) is 0 Å². The van der Waals surface area contributed by atoms with Crippen molar-refractivity contribution in [3.8, 4) is 17.2 Å². The van der Waals surface area contributed by atoms with Crippen molar-refractivity contribution >= 4 is 5.91 Å². The molecule has 0 aliphatic carbocycles. The quantitative estimate of drug-likeness (QED) is 0.656. The number of aromatic nitrogens is 1. The van der Waals surface area contributed by atoms with Gasteiger partial charge in [0.15, 0.2) is 0 Å². The maximum Gasteiger partial charge on any atom is 0.251 e. The maximum absolute atomic E-state index is 13.2. The molecule has 1 aromatic heterocycles. The number of carbonyl (C=O) groups is 1. The summed E-state index contributed by atoms with van der Waals surface area (Å²) in [7, 11) is 1.62. The van der Waals surface area contributed by atoms with E-state index in [1.54, 1.807) is 30.3 Å². The van der Waals surface area contributed by atoms with Crippen molar-refractivity contribution in [2.24, 2.45) is 0 Å². The van der Waals surface area contributed by atoms with Crippen molar-refractivity contribution in [3.05, 3.63) is 83.8 Å². The molecule has 0 saturated carbocycles. The van der Waals surface area contributed by atoms with Crippen LogP contribution in [-0.2, 0) is 11.3 Å². The fourth-order valence-electron chi connectivity index (χ4n) is 4.07. The number of amides is 1. The van der Waals surface area contributed by atoms with E-state index in [1.807, 2.05) is 42.4 Å². The number of nitrogens with one attached hydrogen (secondary N) is 1. The molecule has 7 nitrogen and oxygen atoms in total. The Balaban J connectivity index is 1.30. The molecule has 2 aliphatic heterocycles. The van der Waals surface area contributed by atoms with Gasteiger partial charge in [0, 0.05) is 18.0 Å². The number of benzene rings is 2. The van der Waals surface area contributed by atoms with E-state index in [-0.39, 0.29) is 23.8 Å². The van der Waals surface area contributed by atoms with Gasteiger partial charge in [0.2, 0.25) is 5.89 Å². The topological polar surface area (TPSA) is 70.8 Å². The summed E-state index contributed by atoms with van der Waals surface area (Å²) in [6.45, 7) is 2.17. The Labute approximate surface area is 185 Å². The number of methoxy groups -OCH3 is 1. The van der Waals surface area contributed by atoms with Gasteiger partial charge in [-0.25, -0.2) is 14.8 Å². The number of halogens is 1. The Kier molecular flexibility index (Phi) is 5.14. The first kappa shape index (κ1) is 20.3. The van der Waals surface area contributed by atoms with Crippen LogP contribution >= 0.6 is 0 Å². The van der Waals surface area contributed by atoms with E-state index in [2.05, 4.69) is 10.4 Å². The van der Waals surface area contributed by atoms with Crippen LogP contribution in [0.25, 0.3) is 11.5 Å². The lowest BCUT2D eigenvalue weighted by molar-refractivity contribution is -0.135. The summed E-state index contributed by atoms with van der Waals surface area (Å²) in [6.07, 6.45) is 4.20. The first-order chi connectivity index (χ1) is 15.5. The average molecular weight is 434 g/mol. The summed E-state index contributed by atoms with van der Waals surface area (Å²) in [5.41, 5.74) is 5.82. The maximum atomic E-state index is 13.2. The van der Waals surface area contributed by atoms with Crippen molar-refractivity contribution in [2.75, 3.05) is 7.11 Å². The zero-order valence-electron chi connectivity index (χ0n) is 17.8. The predicted molar refractivity (Wildman–Crippen MR) is 115 cm³/mol. The second-order valence-electron chi connectivity index (χ2n) is 7.91. The molecule has 0 radical (unpaired) electrons. The van der Waals surface area contributed by atoms with E-state index in [0.29, 0.717) is 30.3 Å². The van der Waals surface area contributed by atoms with Crippen LogP contribution in [0.2, 0.25) is 0 Å². The molecule has 1 N–H and O–H groups in total. The third-order valence-corrected chi connectivity index (χ3v) is 5.90. The summed E-state index contributed by atoms with van der Waals surface area (Å²) in [5.74, 6) is 1.65. The lowest BCUT2D eigenvalue weighted by Crippen LogP contribution is -2.47. The molecule has 1 fully saturated rings. The fourth-order valence-corrected chi connectivity index (χ4v) is 4.07. The summed E-state index contributed by atoms with van der Waals surface area (Å²) in [4.78, 5) is 19.4. The smallest absolute Gasteiger partial charge is 0.251 e. The number of oxazole rings is 1. The molecule has 8 heteroatoms. The van der Waals surface area contributed by atoms with Crippen LogP contribution in [-0.4, -0.2) is 34.0 Å². The van der Waals surface area contributed by atoms with Gasteiger partial charge in [-0.15, -0.1) is 0 Å². The molecule has 2 aromatic carbocycles. The van der Waals surface area contributed by atoms with Crippen LogP contribution in [0.3, 0.4) is 0 Å². The first-order valence-electron chi connectivity index (χ1n) is 10.4. The summed E-state index contributed by atoms with van der Waals surface area (Å²) < 4.78 is 24.3. The minimum Gasteiger partial charge on any atom is -0.497 e. The van der Waals surface area contributed by atoms with E-state index >= 15 is 0 Å². The predicted octanol–water partition coefficient (Wildman–Crippen LogP) is 3.93. The molecule has 0 bridgehead atoms. The van der Waals surface area contributed by atoms with Gasteiger partial charge < -0.3 is 19.1 Å². The second-order valence-corrected chi connectivity index (χ2v) is 7.91. The molecule has 1 amide bonds. The van der Waals surface area contributed by atoms with E-state index in [1.165, 1.54) is 12.1 Å². The van der Waals surface area contributed by atoms with Crippen LogP contribution in [0.15, 0.2) is 65.3 Å². The van der Waals surface area contributed by atoms with Crippen LogP contribution in [0, 0.1) is 12.7 Å². The van der Waals surface area contributed by atoms with Crippen molar-refractivity contribution in [2.45, 2.75) is 32.0 Å². The number of rotatable bonds is 5. The number of ether oxygens (including phenoxy) is 1. The van der Waals surface area contributed by atoms with Gasteiger partial charge in [-0.3, -0.25) is 4.79 Å². The SMILES string of the molecule is COc1ccc(-c2nc(CN3C=CN4NC(c5ccc(F)cc5)CC4C3=O)c(C)o2)cc1. The van der Waals surface area contributed by atoms with E-state index in [4.69, 9.17) is 9.15 Å². The van der Waals surface area contributed by atoms with Crippen molar-refractivity contribution in [3.63, 3.8) is 0 Å². The second kappa shape index (κ2) is 8.12. The van der Waals surface area contributed by atoms with Crippen LogP contribution in [0.4, 0.5) is 4.39 Å². The number of carbonyl (C=O) groups excluding carboxylic acids is 1. The van der Waals surface area contributed by atoms with E-state index in [9.17, 15) is 9.18 Å². The standard InChI is InChI=1S/C24H23FN4O3/c1-15-21(26-23(32-15)17-5-9-19(31-2)10-6-17)14-28-11-12-29-22(24(28)30)13-20(27-29)16-3-7-18(25)8-4-16/h3-12,20,22,27H,13-14H2,1-2H3. The summed E-state index contributed by atoms with van der Waals surface area (Å²) in [6, 6.07) is 13.5. The zero-order valence-corrected chi connectivity index (χ0v) is 17.8. The van der Waals surface area contributed by atoms with Crippen molar-refractivity contribution in [1.82, 2.24) is 20.3 Å². The van der Waals surface area contributed by atoms with Gasteiger partial charge in [0.25, 0.3) is 5.91 Å². The molecule has 3 heterocycles. The molecular weight excluding hydrogens is 411 g/mol. The molecule has 2 unspecified atom stereocenters. The molecule has 2 atom stereocenters. The molecule has 3 aromatic rings. The molecule has 164 valence electrons. The minimum absolute atomic E-state index is 0.0157. The third-order valence-electron chi connectivity index (χ3n) is 5.90. The number of fused-ring (bicyclic) bond motifs is 1. The Morgan fingerprint density at radius 1 is 1.16 bits per heavy atom. The lowest BCUT2D eigenvalue weighted by Gasteiger charge is -2.31. The molecule has 5 rings (SSSR count). The van der Waals surface area contributed by atoms with Gasteiger partial charge in [-0.05, 0) is 55.3 Å². The Bertz CT molecular complexity index is 1160. The van der Waals surface area contributed by atoms with E-state index in [0.717, 1.165) is 16.9 Å². The molecule has 2 aliphatic rings. The van der Waals surface area contributed by atoms with Gasteiger partial charge in [0.1, 0.15) is 29.1 Å². The number of nitrogens with zero attached hydrogens (tertiary/aromatic N) is 3. The highest BCUT2D eigenvalue weighted by Crippen LogP contribution is 2.32. The van der Waals surface area contributed by atoms with Crippen LogP contribution < -0.4 is 10.2 Å². The highest BCUT2D eigenvalue weighted by molar-refractivity contribution is 5.84. The normalized spacial score (nSPS) is 20.0. The average Bonchev–Trinajstić information content (AvgIpc) is 3.40. The van der Waals surface area contributed by atoms with Crippen molar-refractivity contribution < 1.29 is 18.3 Å². The highest BCUT2D eigenvalue weighted by atomic mass is 19.1. The number of hydrogen-bond donors (Lipinski definition) is 1. The van der Waals surface area contributed by atoms with Crippen LogP contribution in [0.1, 0.15) is 29.5 Å². The molecule has 0 spiro atoms. The molecule has 1 saturated heterocycles. The van der Waals surface area contributed by atoms with E-state index < -0.39 is 0 Å². The Morgan fingerprint density at radius 3 is 2.62 bits per heavy atom. The largest absolute Gasteiger partial charge is 0.497 e.